The topological polar surface area (TPSA) is 57.4 Å². The molecule has 0 saturated carbocycles. The summed E-state index contributed by atoms with van der Waals surface area (Å²) in [4.78, 5) is 2.32. The van der Waals surface area contributed by atoms with Crippen LogP contribution in [-0.4, -0.2) is 47.5 Å². The lowest BCUT2D eigenvalue weighted by Gasteiger charge is -2.32. The van der Waals surface area contributed by atoms with Gasteiger partial charge in [-0.1, -0.05) is 0 Å². The summed E-state index contributed by atoms with van der Waals surface area (Å²) in [6.07, 6.45) is 0. The lowest BCUT2D eigenvalue weighted by molar-refractivity contribution is 0.179. The first-order valence-electron chi connectivity index (χ1n) is 4.66. The molecule has 1 aliphatic heterocycles. The van der Waals surface area contributed by atoms with Gasteiger partial charge in [-0.25, -0.2) is 5.01 Å². The largest absolute Gasteiger partial charge is 0.383 e. The highest BCUT2D eigenvalue weighted by atomic mass is 32.1. The molecule has 1 aromatic heterocycles. The number of nitrogen functional groups attached to an aromatic ring is 1. The van der Waals surface area contributed by atoms with Crippen LogP contribution in [0.5, 0.6) is 0 Å². The lowest BCUT2D eigenvalue weighted by atomic mass is 10.4. The van der Waals surface area contributed by atoms with Crippen molar-refractivity contribution in [2.24, 2.45) is 0 Å². The van der Waals surface area contributed by atoms with Crippen LogP contribution >= 0.6 is 11.5 Å². The molecular formula is C8H15N5S. The number of aromatic nitrogens is 1. The summed E-state index contributed by atoms with van der Waals surface area (Å²) in [7, 11) is 2.14. The summed E-state index contributed by atoms with van der Waals surface area (Å²) in [6.45, 7) is 4.27. The van der Waals surface area contributed by atoms with Gasteiger partial charge in [-0.15, -0.1) is 0 Å². The van der Waals surface area contributed by atoms with Crippen LogP contribution in [0.4, 0.5) is 10.8 Å². The molecule has 2 rings (SSSR count). The van der Waals surface area contributed by atoms with Crippen LogP contribution in [0.2, 0.25) is 0 Å². The summed E-state index contributed by atoms with van der Waals surface area (Å²) in [5.41, 5.74) is 8.84. The Hall–Kier alpha value is -0.850. The zero-order valence-corrected chi connectivity index (χ0v) is 9.05. The molecule has 0 aromatic carbocycles. The van der Waals surface area contributed by atoms with Crippen molar-refractivity contribution in [2.45, 2.75) is 0 Å². The SMILES string of the molecule is CN1CCN(Nc2cc(N)ns2)CC1. The van der Waals surface area contributed by atoms with E-state index in [0.717, 1.165) is 31.2 Å². The molecule has 5 nitrogen and oxygen atoms in total. The molecule has 0 atom stereocenters. The van der Waals surface area contributed by atoms with Gasteiger partial charge in [0.25, 0.3) is 0 Å². The van der Waals surface area contributed by atoms with Crippen LogP contribution in [0.15, 0.2) is 6.07 Å². The summed E-state index contributed by atoms with van der Waals surface area (Å²) in [5, 5.41) is 3.22. The summed E-state index contributed by atoms with van der Waals surface area (Å²) < 4.78 is 4.02. The number of anilines is 2. The molecular weight excluding hydrogens is 198 g/mol. The Morgan fingerprint density at radius 2 is 2.14 bits per heavy atom. The fourth-order valence-corrected chi connectivity index (χ4v) is 2.02. The standard InChI is InChI=1S/C8H15N5S/c1-12-2-4-13(5-3-12)10-8-6-7(9)11-14-8/h6,10H,2-5H2,1H3,(H2,9,11). The zero-order valence-electron chi connectivity index (χ0n) is 8.23. The van der Waals surface area contributed by atoms with Crippen molar-refractivity contribution < 1.29 is 0 Å². The smallest absolute Gasteiger partial charge is 0.139 e. The fourth-order valence-electron chi connectivity index (χ4n) is 1.42. The Morgan fingerprint density at radius 1 is 1.43 bits per heavy atom. The van der Waals surface area contributed by atoms with Crippen LogP contribution in [0.25, 0.3) is 0 Å². The number of hydrogen-bond acceptors (Lipinski definition) is 6. The van der Waals surface area contributed by atoms with E-state index in [9.17, 15) is 0 Å². The lowest BCUT2D eigenvalue weighted by Crippen LogP contribution is -2.46. The predicted octanol–water partition coefficient (Wildman–Crippen LogP) is 0.300. The van der Waals surface area contributed by atoms with Gasteiger partial charge >= 0.3 is 0 Å². The number of nitrogens with two attached hydrogens (primary N) is 1. The molecule has 0 bridgehead atoms. The molecule has 0 unspecified atom stereocenters. The first-order valence-corrected chi connectivity index (χ1v) is 5.44. The Kier molecular flexibility index (Phi) is 2.85. The highest BCUT2D eigenvalue weighted by Gasteiger charge is 2.13. The Labute approximate surface area is 87.6 Å². The van der Waals surface area contributed by atoms with Crippen LogP contribution in [0.3, 0.4) is 0 Å². The second-order valence-corrected chi connectivity index (χ2v) is 4.32. The Bertz CT molecular complexity index is 292. The van der Waals surface area contributed by atoms with Crippen molar-refractivity contribution in [1.29, 1.82) is 0 Å². The average Bonchev–Trinajstić information content (AvgIpc) is 2.56. The number of nitrogens with one attached hydrogen (secondary N) is 1. The fraction of sp³-hybridized carbons (Fsp3) is 0.625. The molecule has 6 heteroatoms. The van der Waals surface area contributed by atoms with Crippen molar-refractivity contribution in [3.8, 4) is 0 Å². The summed E-state index contributed by atoms with van der Waals surface area (Å²) >= 11 is 1.40. The second kappa shape index (κ2) is 4.12. The highest BCUT2D eigenvalue weighted by molar-refractivity contribution is 7.10. The van der Waals surface area contributed by atoms with Gasteiger partial charge in [0.1, 0.15) is 10.8 Å². The molecule has 1 saturated heterocycles. The van der Waals surface area contributed by atoms with Crippen molar-refractivity contribution in [3.05, 3.63) is 6.07 Å². The van der Waals surface area contributed by atoms with E-state index in [4.69, 9.17) is 5.73 Å². The van der Waals surface area contributed by atoms with E-state index in [1.165, 1.54) is 11.5 Å². The Morgan fingerprint density at radius 3 is 2.71 bits per heavy atom. The maximum Gasteiger partial charge on any atom is 0.139 e. The second-order valence-electron chi connectivity index (χ2n) is 3.52. The first kappa shape index (κ1) is 9.70. The number of hydrazine groups is 1. The molecule has 0 spiro atoms. The summed E-state index contributed by atoms with van der Waals surface area (Å²) in [6, 6.07) is 1.86. The molecule has 14 heavy (non-hydrogen) atoms. The van der Waals surface area contributed by atoms with Gasteiger partial charge in [0.15, 0.2) is 0 Å². The van der Waals surface area contributed by atoms with Gasteiger partial charge in [-0.3, -0.25) is 0 Å². The number of rotatable bonds is 2. The minimum atomic E-state index is 0.589. The molecule has 0 radical (unpaired) electrons. The molecule has 1 aromatic rings. The minimum absolute atomic E-state index is 0.589. The predicted molar refractivity (Wildman–Crippen MR) is 59.2 cm³/mol. The molecule has 78 valence electrons. The van der Waals surface area contributed by atoms with Crippen molar-refractivity contribution in [2.75, 3.05) is 44.4 Å². The van der Waals surface area contributed by atoms with Crippen LogP contribution < -0.4 is 11.2 Å². The average molecular weight is 213 g/mol. The quantitative estimate of drug-likeness (QED) is 0.740. The monoisotopic (exact) mass is 213 g/mol. The van der Waals surface area contributed by atoms with Gasteiger partial charge in [0, 0.05) is 32.2 Å². The maximum atomic E-state index is 5.54. The molecule has 1 fully saturated rings. The van der Waals surface area contributed by atoms with E-state index >= 15 is 0 Å². The van der Waals surface area contributed by atoms with Gasteiger partial charge in [-0.05, 0) is 18.6 Å². The van der Waals surface area contributed by atoms with E-state index in [0.29, 0.717) is 5.82 Å². The van der Waals surface area contributed by atoms with E-state index in [1.54, 1.807) is 0 Å². The number of hydrogen-bond donors (Lipinski definition) is 2. The molecule has 0 aliphatic carbocycles. The number of nitrogens with zero attached hydrogens (tertiary/aromatic N) is 3. The highest BCUT2D eigenvalue weighted by Crippen LogP contribution is 2.18. The maximum absolute atomic E-state index is 5.54. The van der Waals surface area contributed by atoms with Crippen LogP contribution in [-0.2, 0) is 0 Å². The third-order valence-electron chi connectivity index (χ3n) is 2.30. The molecule has 2 heterocycles. The van der Waals surface area contributed by atoms with Crippen LogP contribution in [0, 0.1) is 0 Å². The van der Waals surface area contributed by atoms with Gasteiger partial charge in [-0.2, -0.15) is 4.37 Å². The normalized spacial score (nSPS) is 19.8. The van der Waals surface area contributed by atoms with E-state index in [1.807, 2.05) is 6.07 Å². The zero-order chi connectivity index (χ0) is 9.97. The van der Waals surface area contributed by atoms with E-state index in [2.05, 4.69) is 26.8 Å². The minimum Gasteiger partial charge on any atom is -0.383 e. The number of likely N-dealkylation sites (N-methyl/N-ethyl adjacent to an activating group) is 1. The first-order chi connectivity index (χ1) is 6.74. The van der Waals surface area contributed by atoms with Gasteiger partial charge in [0.2, 0.25) is 0 Å². The third kappa shape index (κ3) is 2.34. The molecule has 3 N–H and O–H groups in total. The summed E-state index contributed by atoms with van der Waals surface area (Å²) in [5.74, 6) is 0.589. The van der Waals surface area contributed by atoms with Gasteiger partial charge in [0.05, 0.1) is 0 Å². The Balaban J connectivity index is 1.86. The molecule has 0 amide bonds. The van der Waals surface area contributed by atoms with E-state index in [-0.39, 0.29) is 0 Å². The van der Waals surface area contributed by atoms with Crippen molar-refractivity contribution in [3.63, 3.8) is 0 Å². The van der Waals surface area contributed by atoms with Crippen molar-refractivity contribution >= 4 is 22.4 Å². The van der Waals surface area contributed by atoms with Gasteiger partial charge < -0.3 is 16.1 Å². The third-order valence-corrected chi connectivity index (χ3v) is 3.01. The van der Waals surface area contributed by atoms with Crippen LogP contribution in [0.1, 0.15) is 0 Å². The van der Waals surface area contributed by atoms with Crippen molar-refractivity contribution in [1.82, 2.24) is 14.3 Å². The number of piperazine rings is 1. The van der Waals surface area contributed by atoms with E-state index < -0.39 is 0 Å². The molecule has 1 aliphatic rings.